The van der Waals surface area contributed by atoms with Crippen LogP contribution in [-0.2, 0) is 28.6 Å². The molecule has 3 unspecified atom stereocenters. The molecule has 1 aliphatic carbocycles. The predicted molar refractivity (Wildman–Crippen MR) is 67.5 cm³/mol. The average Bonchev–Trinajstić information content (AvgIpc) is 2.65. The van der Waals surface area contributed by atoms with Gasteiger partial charge in [0.25, 0.3) is 0 Å². The van der Waals surface area contributed by atoms with Crippen molar-refractivity contribution in [2.75, 3.05) is 6.61 Å². The van der Waals surface area contributed by atoms with Crippen LogP contribution in [-0.4, -0.2) is 35.7 Å². The van der Waals surface area contributed by atoms with E-state index in [1.807, 2.05) is 0 Å². The summed E-state index contributed by atoms with van der Waals surface area (Å²) in [5.41, 5.74) is -1.71. The summed E-state index contributed by atoms with van der Waals surface area (Å²) in [7, 11) is 0. The molecule has 0 N–H and O–H groups in total. The smallest absolute Gasteiger partial charge is 0.344 e. The fraction of sp³-hybridized carbons (Fsp3) is 0.643. The number of hydrogen-bond donors (Lipinski definition) is 0. The molecule has 0 aromatic rings. The lowest BCUT2D eigenvalue weighted by Gasteiger charge is -2.43. The molecule has 0 spiro atoms. The molecule has 2 aliphatic rings. The highest BCUT2D eigenvalue weighted by atomic mass is 16.6. The zero-order valence-electron chi connectivity index (χ0n) is 11.6. The summed E-state index contributed by atoms with van der Waals surface area (Å²) in [6, 6.07) is 0. The van der Waals surface area contributed by atoms with Gasteiger partial charge in [0, 0.05) is 12.5 Å². The second kappa shape index (κ2) is 4.92. The lowest BCUT2D eigenvalue weighted by molar-refractivity contribution is -0.200. The highest BCUT2D eigenvalue weighted by molar-refractivity contribution is 5.84. The minimum Gasteiger partial charge on any atom is -0.455 e. The number of rotatable bonds is 4. The van der Waals surface area contributed by atoms with E-state index in [-0.39, 0.29) is 11.9 Å². The van der Waals surface area contributed by atoms with Crippen molar-refractivity contribution < 1.29 is 28.6 Å². The highest BCUT2D eigenvalue weighted by Crippen LogP contribution is 2.50. The number of carbonyl (C=O) groups is 3. The highest BCUT2D eigenvalue weighted by Gasteiger charge is 2.60. The summed E-state index contributed by atoms with van der Waals surface area (Å²) in [5, 5.41) is 0. The normalized spacial score (nSPS) is 35.1. The van der Waals surface area contributed by atoms with E-state index in [1.54, 1.807) is 13.8 Å². The van der Waals surface area contributed by atoms with Gasteiger partial charge in [0.15, 0.2) is 6.61 Å². The van der Waals surface area contributed by atoms with Gasteiger partial charge in [-0.25, -0.2) is 9.59 Å². The molecule has 2 rings (SSSR count). The first kappa shape index (κ1) is 14.6. The molecule has 1 aliphatic heterocycles. The van der Waals surface area contributed by atoms with Gasteiger partial charge in [0.1, 0.15) is 11.2 Å². The maximum Gasteiger partial charge on any atom is 0.344 e. The molecule has 3 atom stereocenters. The van der Waals surface area contributed by atoms with Gasteiger partial charge >= 0.3 is 17.9 Å². The summed E-state index contributed by atoms with van der Waals surface area (Å²) in [5.74, 6) is -1.68. The standard InChI is InChI=1S/C14H18O6/c1-4-10(15)18-8-11(16)19-13(2)6-5-9-7-14(13,3)20-12(9)17/h4,9H,1,5-8H2,2-3H3. The van der Waals surface area contributed by atoms with Crippen LogP contribution in [0.15, 0.2) is 12.7 Å². The van der Waals surface area contributed by atoms with Crippen molar-refractivity contribution in [1.29, 1.82) is 0 Å². The Balaban J connectivity index is 2.00. The first-order chi connectivity index (χ1) is 9.29. The van der Waals surface area contributed by atoms with Gasteiger partial charge in [-0.2, -0.15) is 0 Å². The van der Waals surface area contributed by atoms with Crippen LogP contribution in [0.5, 0.6) is 0 Å². The largest absolute Gasteiger partial charge is 0.455 e. The lowest BCUT2D eigenvalue weighted by Crippen LogP contribution is -2.54. The molecule has 0 radical (unpaired) electrons. The zero-order valence-corrected chi connectivity index (χ0v) is 11.6. The molecule has 0 aromatic carbocycles. The van der Waals surface area contributed by atoms with Crippen LogP contribution in [0.3, 0.4) is 0 Å². The van der Waals surface area contributed by atoms with Gasteiger partial charge in [-0.3, -0.25) is 4.79 Å². The molecule has 1 saturated heterocycles. The van der Waals surface area contributed by atoms with Crippen molar-refractivity contribution in [2.24, 2.45) is 5.92 Å². The molecule has 2 fully saturated rings. The van der Waals surface area contributed by atoms with E-state index in [0.29, 0.717) is 19.3 Å². The van der Waals surface area contributed by atoms with Crippen LogP contribution in [0.2, 0.25) is 0 Å². The van der Waals surface area contributed by atoms with E-state index in [0.717, 1.165) is 6.08 Å². The van der Waals surface area contributed by atoms with Crippen LogP contribution in [0.1, 0.15) is 33.1 Å². The Hall–Kier alpha value is -1.85. The van der Waals surface area contributed by atoms with E-state index in [4.69, 9.17) is 9.47 Å². The fourth-order valence-electron chi connectivity index (χ4n) is 2.79. The fourth-order valence-corrected chi connectivity index (χ4v) is 2.79. The molecular formula is C14H18O6. The Morgan fingerprint density at radius 1 is 1.50 bits per heavy atom. The van der Waals surface area contributed by atoms with E-state index in [1.165, 1.54) is 0 Å². The molecule has 1 saturated carbocycles. The van der Waals surface area contributed by atoms with Crippen LogP contribution < -0.4 is 0 Å². The predicted octanol–water partition coefficient (Wildman–Crippen LogP) is 1.13. The number of fused-ring (bicyclic) bond motifs is 2. The minimum absolute atomic E-state index is 0.106. The van der Waals surface area contributed by atoms with Crippen molar-refractivity contribution in [2.45, 2.75) is 44.3 Å². The van der Waals surface area contributed by atoms with E-state index >= 15 is 0 Å². The topological polar surface area (TPSA) is 78.9 Å². The number of carbonyl (C=O) groups excluding carboxylic acids is 3. The Morgan fingerprint density at radius 2 is 2.20 bits per heavy atom. The van der Waals surface area contributed by atoms with Gasteiger partial charge in [0.2, 0.25) is 0 Å². The molecule has 0 amide bonds. The van der Waals surface area contributed by atoms with Gasteiger partial charge in [-0.05, 0) is 26.7 Å². The average molecular weight is 282 g/mol. The van der Waals surface area contributed by atoms with Crippen LogP contribution >= 0.6 is 0 Å². The third kappa shape index (κ3) is 2.42. The maximum absolute atomic E-state index is 11.8. The number of esters is 3. The quantitative estimate of drug-likeness (QED) is 0.437. The van der Waals surface area contributed by atoms with Crippen LogP contribution in [0.25, 0.3) is 0 Å². The van der Waals surface area contributed by atoms with Crippen LogP contribution in [0.4, 0.5) is 0 Å². The van der Waals surface area contributed by atoms with Crippen LogP contribution in [0, 0.1) is 5.92 Å². The molecule has 2 bridgehead atoms. The number of ether oxygens (including phenoxy) is 3. The van der Waals surface area contributed by atoms with Gasteiger partial charge in [0.05, 0.1) is 5.92 Å². The summed E-state index contributed by atoms with van der Waals surface area (Å²) >= 11 is 0. The first-order valence-electron chi connectivity index (χ1n) is 6.53. The maximum atomic E-state index is 11.8. The minimum atomic E-state index is -0.896. The third-order valence-corrected chi connectivity index (χ3v) is 4.22. The van der Waals surface area contributed by atoms with E-state index in [2.05, 4.69) is 11.3 Å². The van der Waals surface area contributed by atoms with Gasteiger partial charge in [-0.1, -0.05) is 6.58 Å². The second-order valence-electron chi connectivity index (χ2n) is 5.61. The second-order valence-corrected chi connectivity index (χ2v) is 5.61. The van der Waals surface area contributed by atoms with Gasteiger partial charge < -0.3 is 14.2 Å². The van der Waals surface area contributed by atoms with Gasteiger partial charge in [-0.15, -0.1) is 0 Å². The van der Waals surface area contributed by atoms with Crippen molar-refractivity contribution in [3.05, 3.63) is 12.7 Å². The molecule has 20 heavy (non-hydrogen) atoms. The van der Waals surface area contributed by atoms with Crippen molar-refractivity contribution >= 4 is 17.9 Å². The summed E-state index contributed by atoms with van der Waals surface area (Å²) in [6.07, 6.45) is 2.69. The Bertz CT molecular complexity index is 470. The molecule has 1 heterocycles. The first-order valence-corrected chi connectivity index (χ1v) is 6.53. The number of hydrogen-bond acceptors (Lipinski definition) is 6. The Labute approximate surface area is 117 Å². The van der Waals surface area contributed by atoms with E-state index in [9.17, 15) is 14.4 Å². The molecule has 110 valence electrons. The molecule has 0 aromatic heterocycles. The SMILES string of the molecule is C=CC(=O)OCC(=O)OC1(C)CCC2CC1(C)OC2=O. The van der Waals surface area contributed by atoms with Crippen molar-refractivity contribution in [1.82, 2.24) is 0 Å². The van der Waals surface area contributed by atoms with E-state index < -0.39 is 29.7 Å². The monoisotopic (exact) mass is 282 g/mol. The lowest BCUT2D eigenvalue weighted by atomic mass is 9.71. The molecule has 6 nitrogen and oxygen atoms in total. The molecular weight excluding hydrogens is 264 g/mol. The Kier molecular flexibility index (Phi) is 3.58. The Morgan fingerprint density at radius 3 is 2.85 bits per heavy atom. The van der Waals surface area contributed by atoms with Crippen molar-refractivity contribution in [3.63, 3.8) is 0 Å². The zero-order chi connectivity index (χ0) is 15.0. The summed E-state index contributed by atoms with van der Waals surface area (Å²) in [6.45, 7) is 6.27. The van der Waals surface area contributed by atoms with Crippen molar-refractivity contribution in [3.8, 4) is 0 Å². The molecule has 6 heteroatoms. The summed E-state index contributed by atoms with van der Waals surface area (Å²) < 4.78 is 15.5. The summed E-state index contributed by atoms with van der Waals surface area (Å²) in [4.78, 5) is 34.3. The third-order valence-electron chi connectivity index (χ3n) is 4.22.